The minimum atomic E-state index is -0.880. The van der Waals surface area contributed by atoms with E-state index in [1.807, 2.05) is 30.3 Å². The second-order valence-corrected chi connectivity index (χ2v) is 6.45. The van der Waals surface area contributed by atoms with Gasteiger partial charge in [0, 0.05) is 46.9 Å². The third-order valence-electron chi connectivity index (χ3n) is 4.43. The number of carboxylic acids is 1. The van der Waals surface area contributed by atoms with Crippen molar-refractivity contribution in [1.82, 2.24) is 4.57 Å². The van der Waals surface area contributed by atoms with Crippen molar-refractivity contribution in [3.05, 3.63) is 42.5 Å². The summed E-state index contributed by atoms with van der Waals surface area (Å²) < 4.78 is 2.26. The van der Waals surface area contributed by atoms with Gasteiger partial charge >= 0.3 is 5.97 Å². The molecule has 1 atom stereocenters. The molecule has 5 nitrogen and oxygen atoms in total. The number of rotatable bonds is 6. The van der Waals surface area contributed by atoms with Gasteiger partial charge in [0.15, 0.2) is 0 Å². The molecule has 0 bridgehead atoms. The third kappa shape index (κ3) is 3.50. The van der Waals surface area contributed by atoms with Crippen LogP contribution in [-0.2, 0) is 16.1 Å². The maximum atomic E-state index is 12.2. The molecule has 0 saturated carbocycles. The van der Waals surface area contributed by atoms with Crippen molar-refractivity contribution in [3.63, 3.8) is 0 Å². The average molecular weight is 338 g/mol. The van der Waals surface area contributed by atoms with Crippen molar-refractivity contribution in [1.29, 1.82) is 0 Å². The SMILES string of the molecule is CCn1c2ccccc2c2cc(NC(=O)C[C@H](C)CC(=O)O)ccc21. The maximum Gasteiger partial charge on any atom is 0.303 e. The number of fused-ring (bicyclic) bond motifs is 3. The molecule has 0 saturated heterocycles. The summed E-state index contributed by atoms with van der Waals surface area (Å²) in [6.07, 6.45) is 0.192. The number of amides is 1. The van der Waals surface area contributed by atoms with Gasteiger partial charge in [-0.3, -0.25) is 9.59 Å². The van der Waals surface area contributed by atoms with E-state index in [2.05, 4.69) is 28.9 Å². The van der Waals surface area contributed by atoms with Crippen molar-refractivity contribution in [2.45, 2.75) is 33.2 Å². The van der Waals surface area contributed by atoms with Crippen LogP contribution in [0, 0.1) is 5.92 Å². The third-order valence-corrected chi connectivity index (χ3v) is 4.43. The first-order valence-corrected chi connectivity index (χ1v) is 8.52. The lowest BCUT2D eigenvalue weighted by Crippen LogP contribution is -2.16. The first kappa shape index (κ1) is 17.0. The van der Waals surface area contributed by atoms with Crippen molar-refractivity contribution < 1.29 is 14.7 Å². The van der Waals surface area contributed by atoms with Crippen LogP contribution in [0.25, 0.3) is 21.8 Å². The smallest absolute Gasteiger partial charge is 0.303 e. The number of hydrogen-bond donors (Lipinski definition) is 2. The minimum absolute atomic E-state index is 0.00353. The van der Waals surface area contributed by atoms with Crippen molar-refractivity contribution in [3.8, 4) is 0 Å². The minimum Gasteiger partial charge on any atom is -0.481 e. The van der Waals surface area contributed by atoms with Crippen LogP contribution in [0.3, 0.4) is 0 Å². The zero-order valence-corrected chi connectivity index (χ0v) is 14.5. The molecule has 1 heterocycles. The molecule has 1 amide bonds. The van der Waals surface area contributed by atoms with Crippen molar-refractivity contribution in [2.75, 3.05) is 5.32 Å². The lowest BCUT2D eigenvalue weighted by molar-refractivity contribution is -0.138. The molecule has 1 aromatic heterocycles. The number of hydrogen-bond acceptors (Lipinski definition) is 2. The molecule has 0 spiro atoms. The second kappa shape index (κ2) is 6.97. The predicted octanol–water partition coefficient (Wildman–Crippen LogP) is 4.25. The van der Waals surface area contributed by atoms with Gasteiger partial charge in [-0.05, 0) is 37.1 Å². The van der Waals surface area contributed by atoms with E-state index >= 15 is 0 Å². The number of carbonyl (C=O) groups is 2. The fraction of sp³-hybridized carbons (Fsp3) is 0.300. The van der Waals surface area contributed by atoms with Crippen LogP contribution in [0.4, 0.5) is 5.69 Å². The van der Waals surface area contributed by atoms with Gasteiger partial charge in [-0.2, -0.15) is 0 Å². The standard InChI is InChI=1S/C20H22N2O3/c1-3-22-17-7-5-4-6-15(17)16-12-14(8-9-18(16)22)21-19(23)10-13(2)11-20(24)25/h4-9,12-13H,3,10-11H2,1-2H3,(H,21,23)(H,24,25)/t13-/m0/s1. The highest BCUT2D eigenvalue weighted by atomic mass is 16.4. The highest BCUT2D eigenvalue weighted by molar-refractivity contribution is 6.09. The van der Waals surface area contributed by atoms with Crippen molar-refractivity contribution >= 4 is 39.4 Å². The van der Waals surface area contributed by atoms with Crippen LogP contribution in [0.5, 0.6) is 0 Å². The van der Waals surface area contributed by atoms with Crippen LogP contribution >= 0.6 is 0 Å². The first-order chi connectivity index (χ1) is 12.0. The Labute approximate surface area is 146 Å². The van der Waals surface area contributed by atoms with Gasteiger partial charge in [0.05, 0.1) is 0 Å². The number of carbonyl (C=O) groups excluding carboxylic acids is 1. The monoisotopic (exact) mass is 338 g/mol. The zero-order valence-electron chi connectivity index (χ0n) is 14.5. The number of carboxylic acid groups (broad SMARTS) is 1. The predicted molar refractivity (Wildman–Crippen MR) is 99.8 cm³/mol. The number of anilines is 1. The maximum absolute atomic E-state index is 12.2. The number of para-hydroxylation sites is 1. The van der Waals surface area contributed by atoms with Crippen LogP contribution in [0.1, 0.15) is 26.7 Å². The van der Waals surface area contributed by atoms with Gasteiger partial charge in [-0.25, -0.2) is 0 Å². The summed E-state index contributed by atoms with van der Waals surface area (Å²) in [7, 11) is 0. The Morgan fingerprint density at radius 1 is 1.08 bits per heavy atom. The number of nitrogens with one attached hydrogen (secondary N) is 1. The Morgan fingerprint density at radius 3 is 2.52 bits per heavy atom. The molecule has 3 rings (SSSR count). The molecule has 0 unspecified atom stereocenters. The summed E-state index contributed by atoms with van der Waals surface area (Å²) >= 11 is 0. The largest absolute Gasteiger partial charge is 0.481 e. The fourth-order valence-corrected chi connectivity index (χ4v) is 3.37. The quantitative estimate of drug-likeness (QED) is 0.705. The molecular formula is C20H22N2O3. The molecule has 2 aromatic carbocycles. The Balaban J connectivity index is 1.87. The van der Waals surface area contributed by atoms with E-state index < -0.39 is 5.97 Å². The lowest BCUT2D eigenvalue weighted by Gasteiger charge is -2.10. The van der Waals surface area contributed by atoms with Crippen molar-refractivity contribution in [2.24, 2.45) is 5.92 Å². The highest BCUT2D eigenvalue weighted by Gasteiger charge is 2.14. The fourth-order valence-electron chi connectivity index (χ4n) is 3.37. The van der Waals surface area contributed by atoms with Gasteiger partial charge in [-0.15, -0.1) is 0 Å². The van der Waals surface area contributed by atoms with E-state index in [1.165, 1.54) is 5.52 Å². The molecule has 0 aliphatic rings. The van der Waals surface area contributed by atoms with E-state index in [-0.39, 0.29) is 24.7 Å². The van der Waals surface area contributed by atoms with Crippen LogP contribution < -0.4 is 5.32 Å². The highest BCUT2D eigenvalue weighted by Crippen LogP contribution is 2.31. The number of nitrogens with zero attached hydrogens (tertiary/aromatic N) is 1. The lowest BCUT2D eigenvalue weighted by atomic mass is 10.0. The molecule has 2 N–H and O–H groups in total. The topological polar surface area (TPSA) is 71.3 Å². The molecule has 0 fully saturated rings. The Kier molecular flexibility index (Phi) is 4.74. The van der Waals surface area contributed by atoms with E-state index in [1.54, 1.807) is 6.92 Å². The van der Waals surface area contributed by atoms with E-state index in [0.29, 0.717) is 0 Å². The van der Waals surface area contributed by atoms with Crippen LogP contribution in [-0.4, -0.2) is 21.6 Å². The Hall–Kier alpha value is -2.82. The van der Waals surface area contributed by atoms with E-state index in [9.17, 15) is 9.59 Å². The molecule has 3 aromatic rings. The number of aliphatic carboxylic acids is 1. The summed E-state index contributed by atoms with van der Waals surface area (Å²) in [6, 6.07) is 14.1. The Morgan fingerprint density at radius 2 is 1.80 bits per heavy atom. The number of aromatic nitrogens is 1. The normalized spacial score (nSPS) is 12.4. The van der Waals surface area contributed by atoms with Gasteiger partial charge < -0.3 is 15.0 Å². The zero-order chi connectivity index (χ0) is 18.0. The summed E-state index contributed by atoms with van der Waals surface area (Å²) in [6.45, 7) is 4.76. The summed E-state index contributed by atoms with van der Waals surface area (Å²) in [4.78, 5) is 22.9. The summed E-state index contributed by atoms with van der Waals surface area (Å²) in [5, 5.41) is 14.0. The van der Waals surface area contributed by atoms with Gasteiger partial charge in [-0.1, -0.05) is 25.1 Å². The molecular weight excluding hydrogens is 316 g/mol. The van der Waals surface area contributed by atoms with Gasteiger partial charge in [0.25, 0.3) is 0 Å². The van der Waals surface area contributed by atoms with Crippen LogP contribution in [0.2, 0.25) is 0 Å². The molecule has 130 valence electrons. The Bertz CT molecular complexity index is 943. The summed E-state index contributed by atoms with van der Waals surface area (Å²) in [5.41, 5.74) is 3.05. The molecule has 0 aliphatic carbocycles. The van der Waals surface area contributed by atoms with E-state index in [0.717, 1.165) is 28.5 Å². The van der Waals surface area contributed by atoms with Gasteiger partial charge in [0.2, 0.25) is 5.91 Å². The number of aryl methyl sites for hydroxylation is 1. The number of benzene rings is 2. The first-order valence-electron chi connectivity index (χ1n) is 8.52. The summed E-state index contributed by atoms with van der Waals surface area (Å²) in [5.74, 6) is -1.23. The van der Waals surface area contributed by atoms with Gasteiger partial charge in [0.1, 0.15) is 0 Å². The van der Waals surface area contributed by atoms with Crippen LogP contribution in [0.15, 0.2) is 42.5 Å². The molecule has 5 heteroatoms. The molecule has 25 heavy (non-hydrogen) atoms. The molecule has 0 aliphatic heterocycles. The molecule has 0 radical (unpaired) electrons. The average Bonchev–Trinajstić information content (AvgIpc) is 2.87. The second-order valence-electron chi connectivity index (χ2n) is 6.45. The van der Waals surface area contributed by atoms with E-state index in [4.69, 9.17) is 5.11 Å².